The number of hydrogen-bond donors (Lipinski definition) is 1. The molecule has 11 heteroatoms. The molecule has 4 aromatic rings. The third kappa shape index (κ3) is 2.97. The van der Waals surface area contributed by atoms with Gasteiger partial charge in [-0.2, -0.15) is 14.0 Å². The Bertz CT molecular complexity index is 1330. The van der Waals surface area contributed by atoms with Gasteiger partial charge >= 0.3 is 5.69 Å². The van der Waals surface area contributed by atoms with E-state index < -0.39 is 17.3 Å². The summed E-state index contributed by atoms with van der Waals surface area (Å²) in [5.41, 5.74) is -0.0471. The molecule has 1 aliphatic heterocycles. The molecule has 4 heterocycles. The first-order chi connectivity index (χ1) is 14.5. The highest BCUT2D eigenvalue weighted by Crippen LogP contribution is 2.30. The quantitative estimate of drug-likeness (QED) is 0.515. The summed E-state index contributed by atoms with van der Waals surface area (Å²) < 4.78 is 36.1. The van der Waals surface area contributed by atoms with Crippen molar-refractivity contribution in [2.45, 2.75) is 19.2 Å². The molecule has 1 aliphatic rings. The van der Waals surface area contributed by atoms with E-state index in [-0.39, 0.29) is 24.0 Å². The van der Waals surface area contributed by atoms with E-state index in [4.69, 9.17) is 4.74 Å². The number of thiophene rings is 1. The Hall–Kier alpha value is -2.89. The molecule has 8 nitrogen and oxygen atoms in total. The number of methoxy groups -OCH3 is 1. The Kier molecular flexibility index (Phi) is 4.53. The van der Waals surface area contributed by atoms with Gasteiger partial charge < -0.3 is 9.84 Å². The third-order valence-electron chi connectivity index (χ3n) is 5.20. The Morgan fingerprint density at radius 3 is 2.80 bits per heavy atom. The lowest BCUT2D eigenvalue weighted by Crippen LogP contribution is -2.49. The fourth-order valence-electron chi connectivity index (χ4n) is 3.69. The minimum atomic E-state index is -1.09. The summed E-state index contributed by atoms with van der Waals surface area (Å²) in [4.78, 5) is 20.9. The van der Waals surface area contributed by atoms with Crippen molar-refractivity contribution in [1.82, 2.24) is 24.1 Å². The van der Waals surface area contributed by atoms with Gasteiger partial charge in [0.25, 0.3) is 0 Å². The topological polar surface area (TPSA) is 84.9 Å². The van der Waals surface area contributed by atoms with Crippen molar-refractivity contribution < 1.29 is 18.6 Å². The van der Waals surface area contributed by atoms with Gasteiger partial charge in [-0.3, -0.25) is 9.47 Å². The van der Waals surface area contributed by atoms with Crippen molar-refractivity contribution in [3.63, 3.8) is 0 Å². The first kappa shape index (κ1) is 19.1. The van der Waals surface area contributed by atoms with Crippen molar-refractivity contribution in [2.24, 2.45) is 0 Å². The van der Waals surface area contributed by atoms with E-state index in [1.165, 1.54) is 41.5 Å². The van der Waals surface area contributed by atoms with Crippen molar-refractivity contribution in [2.75, 3.05) is 20.2 Å². The van der Waals surface area contributed by atoms with Gasteiger partial charge in [0.1, 0.15) is 11.2 Å². The smallest absolute Gasteiger partial charge is 0.352 e. The van der Waals surface area contributed by atoms with Crippen LogP contribution in [-0.2, 0) is 13.1 Å². The van der Waals surface area contributed by atoms with Crippen LogP contribution >= 0.6 is 11.3 Å². The summed E-state index contributed by atoms with van der Waals surface area (Å²) in [6.45, 7) is 1.64. The van der Waals surface area contributed by atoms with E-state index in [2.05, 4.69) is 15.0 Å². The average molecular weight is 433 g/mol. The van der Waals surface area contributed by atoms with Gasteiger partial charge in [-0.15, -0.1) is 11.3 Å². The highest BCUT2D eigenvalue weighted by Gasteiger charge is 2.26. The second kappa shape index (κ2) is 7.11. The molecule has 0 aliphatic carbocycles. The summed E-state index contributed by atoms with van der Waals surface area (Å²) in [6, 6.07) is 4.66. The number of halogens is 2. The van der Waals surface area contributed by atoms with Gasteiger partial charge in [-0.1, -0.05) is 6.07 Å². The zero-order valence-electron chi connectivity index (χ0n) is 15.9. The number of β-amino-alcohol motifs (C(OH)–C–C–N with tert-alkyl or cyclic N) is 1. The summed E-state index contributed by atoms with van der Waals surface area (Å²) in [7, 11) is 1.26. The maximum Gasteiger partial charge on any atom is 0.352 e. The number of aliphatic hydroxyl groups excluding tert-OH is 1. The summed E-state index contributed by atoms with van der Waals surface area (Å²) in [5, 5.41) is 14.2. The minimum absolute atomic E-state index is 0.0250. The molecule has 1 fully saturated rings. The number of rotatable bonds is 5. The van der Waals surface area contributed by atoms with Crippen LogP contribution in [0.3, 0.4) is 0 Å². The SMILES string of the molecule is COc1ccc(Cn2c(=O)n3ncnc3c3cc(CN4CC(O)C4)sc32)c(F)c1F. The number of aliphatic hydroxyl groups is 1. The Morgan fingerprint density at radius 1 is 1.27 bits per heavy atom. The minimum Gasteiger partial charge on any atom is -0.494 e. The molecular formula is C19H17F2N5O3S. The number of likely N-dealkylation sites (tertiary alicyclic amines) is 1. The molecule has 0 unspecified atom stereocenters. The summed E-state index contributed by atoms with van der Waals surface area (Å²) >= 11 is 1.39. The fraction of sp³-hybridized carbons (Fsp3) is 0.316. The molecule has 1 N–H and O–H groups in total. The van der Waals surface area contributed by atoms with Gasteiger partial charge in [0, 0.05) is 30.1 Å². The normalized spacial score (nSPS) is 15.2. The number of fused-ring (bicyclic) bond motifs is 3. The predicted molar refractivity (Wildman–Crippen MR) is 106 cm³/mol. The van der Waals surface area contributed by atoms with Crippen molar-refractivity contribution in [3.05, 3.63) is 57.1 Å². The van der Waals surface area contributed by atoms with Crippen LogP contribution in [0.5, 0.6) is 5.75 Å². The van der Waals surface area contributed by atoms with Crippen LogP contribution in [0.1, 0.15) is 10.4 Å². The van der Waals surface area contributed by atoms with E-state index in [9.17, 15) is 18.7 Å². The average Bonchev–Trinajstić information content (AvgIpc) is 3.34. The molecule has 156 valence electrons. The molecule has 1 aromatic carbocycles. The van der Waals surface area contributed by atoms with Crippen molar-refractivity contribution in [3.8, 4) is 5.75 Å². The molecule has 5 rings (SSSR count). The van der Waals surface area contributed by atoms with Gasteiger partial charge in [0.05, 0.1) is 25.1 Å². The Balaban J connectivity index is 1.63. The molecule has 30 heavy (non-hydrogen) atoms. The Morgan fingerprint density at radius 2 is 2.07 bits per heavy atom. The van der Waals surface area contributed by atoms with E-state index in [0.29, 0.717) is 35.5 Å². The van der Waals surface area contributed by atoms with Gasteiger partial charge in [0.2, 0.25) is 5.82 Å². The van der Waals surface area contributed by atoms with Crippen LogP contribution in [0, 0.1) is 11.6 Å². The second-order valence-electron chi connectivity index (χ2n) is 7.20. The lowest BCUT2D eigenvalue weighted by Gasteiger charge is -2.35. The lowest BCUT2D eigenvalue weighted by molar-refractivity contribution is -0.00227. The second-order valence-corrected chi connectivity index (χ2v) is 8.31. The van der Waals surface area contributed by atoms with Crippen molar-refractivity contribution >= 4 is 27.2 Å². The maximum absolute atomic E-state index is 14.6. The monoisotopic (exact) mass is 433 g/mol. The van der Waals surface area contributed by atoms with Crippen LogP contribution < -0.4 is 10.4 Å². The number of hydrogen-bond acceptors (Lipinski definition) is 7. The molecular weight excluding hydrogens is 416 g/mol. The molecule has 0 amide bonds. The van der Waals surface area contributed by atoms with Crippen LogP contribution in [0.4, 0.5) is 8.78 Å². The van der Waals surface area contributed by atoms with E-state index in [1.807, 2.05) is 6.07 Å². The highest BCUT2D eigenvalue weighted by atomic mass is 32.1. The molecule has 0 bridgehead atoms. The molecule has 1 saturated heterocycles. The largest absolute Gasteiger partial charge is 0.494 e. The van der Waals surface area contributed by atoms with Crippen LogP contribution in [0.25, 0.3) is 15.9 Å². The zero-order chi connectivity index (χ0) is 21.0. The number of ether oxygens (including phenoxy) is 1. The number of benzene rings is 1. The van der Waals surface area contributed by atoms with Gasteiger partial charge in [-0.25, -0.2) is 14.2 Å². The standard InChI is InChI=1S/C19H17F2N5O3S/c1-29-14-3-2-10(15(20)16(14)21)5-25-18-13(17-22-9-23-26(17)19(25)28)4-12(30-18)8-24-6-11(27)7-24/h2-4,9,11,27H,5-8H2,1H3. The van der Waals surface area contributed by atoms with E-state index >= 15 is 0 Å². The first-order valence-corrected chi connectivity index (χ1v) is 10.0. The lowest BCUT2D eigenvalue weighted by atomic mass is 10.1. The molecule has 0 atom stereocenters. The number of nitrogens with zero attached hydrogens (tertiary/aromatic N) is 5. The van der Waals surface area contributed by atoms with Crippen LogP contribution in [0.15, 0.2) is 29.3 Å². The predicted octanol–water partition coefficient (Wildman–Crippen LogP) is 1.62. The summed E-state index contributed by atoms with van der Waals surface area (Å²) in [6.07, 6.45) is 0.978. The van der Waals surface area contributed by atoms with E-state index in [1.54, 1.807) is 0 Å². The van der Waals surface area contributed by atoms with Gasteiger partial charge in [-0.05, 0) is 12.1 Å². The highest BCUT2D eigenvalue weighted by molar-refractivity contribution is 7.18. The fourth-order valence-corrected chi connectivity index (χ4v) is 4.87. The van der Waals surface area contributed by atoms with Gasteiger partial charge in [0.15, 0.2) is 17.2 Å². The molecule has 0 saturated carbocycles. The van der Waals surface area contributed by atoms with E-state index in [0.717, 1.165) is 9.39 Å². The summed E-state index contributed by atoms with van der Waals surface area (Å²) in [5.74, 6) is -2.35. The van der Waals surface area contributed by atoms with Crippen LogP contribution in [-0.4, -0.2) is 55.5 Å². The maximum atomic E-state index is 14.6. The molecule has 3 aromatic heterocycles. The first-order valence-electron chi connectivity index (χ1n) is 9.22. The zero-order valence-corrected chi connectivity index (χ0v) is 16.7. The van der Waals surface area contributed by atoms with Crippen LogP contribution in [0.2, 0.25) is 0 Å². The molecule has 0 spiro atoms. The third-order valence-corrected chi connectivity index (χ3v) is 6.34. The Labute approximate surface area is 172 Å². The number of aromatic nitrogens is 4. The van der Waals surface area contributed by atoms with Crippen molar-refractivity contribution in [1.29, 1.82) is 0 Å². The molecule has 0 radical (unpaired) electrons.